The molecule has 4 aliphatic rings. The molecule has 4 saturated heterocycles. The lowest BCUT2D eigenvalue weighted by Gasteiger charge is -2.50. The molecule has 14 N–H and O–H groups in total. The van der Waals surface area contributed by atoms with Crippen molar-refractivity contribution in [1.82, 2.24) is 10.6 Å². The number of carboxylic acids is 1. The van der Waals surface area contributed by atoms with Gasteiger partial charge in [0.1, 0.15) is 91.4 Å². The highest BCUT2D eigenvalue weighted by Gasteiger charge is 2.56. The second-order valence-corrected chi connectivity index (χ2v) is 12.7. The summed E-state index contributed by atoms with van der Waals surface area (Å²) in [4.78, 5) is 36.0. The number of hydrogen-bond donors (Lipinski definition) is 14. The van der Waals surface area contributed by atoms with Crippen LogP contribution in [0.2, 0.25) is 0 Å². The van der Waals surface area contributed by atoms with E-state index >= 15 is 0 Å². The summed E-state index contributed by atoms with van der Waals surface area (Å²) in [7, 11) is 0. The number of hydrogen-bond acceptors (Lipinski definition) is 21. The Hall–Kier alpha value is -2.31. The molecule has 2 amide bonds. The Morgan fingerprint density at radius 1 is 0.519 bits per heavy atom. The van der Waals surface area contributed by atoms with E-state index in [0.717, 1.165) is 13.8 Å². The van der Waals surface area contributed by atoms with Crippen molar-refractivity contribution in [3.05, 3.63) is 0 Å². The molecule has 0 bridgehead atoms. The van der Waals surface area contributed by atoms with Gasteiger partial charge in [-0.15, -0.1) is 0 Å². The van der Waals surface area contributed by atoms with Crippen molar-refractivity contribution in [3.63, 3.8) is 0 Å². The molecule has 300 valence electrons. The van der Waals surface area contributed by atoms with Gasteiger partial charge < -0.3 is 105 Å². The zero-order valence-corrected chi connectivity index (χ0v) is 27.6. The largest absolute Gasteiger partial charge is 0.479 e. The molecule has 24 nitrogen and oxygen atoms in total. The third-order valence-electron chi connectivity index (χ3n) is 8.98. The minimum absolute atomic E-state index is 0.730. The number of aliphatic hydroxyl groups is 11. The van der Waals surface area contributed by atoms with E-state index in [-0.39, 0.29) is 0 Å². The standard InChI is InChI=1S/C28H46N2O22/c1-6(34)29-11-15(38)13(36)8(3-31)46-26(11)52-22-17(40)14(37)9(4-32)47-28(22)50-20-10(5-33)48-27(12(16(20)39)30-7(2)35)51-21-18(41)19(42)25(45)49-23(21)24(43)44/h8-23,25-28,31-33,36-42,45H,3-5H2,1-2H3,(H,29,34)(H,30,35)(H,43,44)/t8-,9-,10-,11-,12-,13-,14-,15-,16-,17+,18-,19-,20+,21-,22+,23+,25+,26-,27-,28+/m1/s1. The van der Waals surface area contributed by atoms with E-state index < -0.39 is 160 Å². The third-order valence-corrected chi connectivity index (χ3v) is 8.98. The summed E-state index contributed by atoms with van der Waals surface area (Å²) in [5.41, 5.74) is 0. The van der Waals surface area contributed by atoms with Crippen LogP contribution in [-0.2, 0) is 47.5 Å². The first kappa shape index (κ1) is 42.4. The van der Waals surface area contributed by atoms with Crippen LogP contribution in [0.3, 0.4) is 0 Å². The van der Waals surface area contributed by atoms with Crippen molar-refractivity contribution in [2.45, 2.75) is 137 Å². The van der Waals surface area contributed by atoms with E-state index in [0.29, 0.717) is 0 Å². The van der Waals surface area contributed by atoms with E-state index in [9.17, 15) is 75.7 Å². The molecule has 20 atom stereocenters. The molecule has 0 unspecified atom stereocenters. The maximum atomic E-state index is 12.2. The van der Waals surface area contributed by atoms with Gasteiger partial charge in [0, 0.05) is 13.8 Å². The Kier molecular flexibility index (Phi) is 14.6. The average Bonchev–Trinajstić information content (AvgIpc) is 3.09. The number of nitrogens with one attached hydrogen (secondary N) is 2. The fraction of sp³-hybridized carbons (Fsp3) is 0.893. The number of carbonyl (C=O) groups is 3. The van der Waals surface area contributed by atoms with Crippen LogP contribution in [-0.4, -0.2) is 222 Å². The zero-order valence-electron chi connectivity index (χ0n) is 27.6. The number of ether oxygens (including phenoxy) is 7. The fourth-order valence-corrected chi connectivity index (χ4v) is 6.30. The minimum atomic E-state index is -2.14. The van der Waals surface area contributed by atoms with Crippen LogP contribution >= 0.6 is 0 Å². The first-order chi connectivity index (χ1) is 24.4. The van der Waals surface area contributed by atoms with Gasteiger partial charge in [-0.25, -0.2) is 4.79 Å². The normalized spacial score (nSPS) is 47.0. The van der Waals surface area contributed by atoms with Gasteiger partial charge in [-0.1, -0.05) is 0 Å². The van der Waals surface area contributed by atoms with Crippen LogP contribution in [0.4, 0.5) is 0 Å². The highest BCUT2D eigenvalue weighted by Crippen LogP contribution is 2.34. The SMILES string of the molecule is CC(=O)N[C@H]1[C@@H](O[C@@H]2[C@H](O)[C@@H](O)[C@@H](O)O[C@@H]2C(=O)O)O[C@H](CO)[C@H](O[C@@H]2O[C@H](CO)[C@@H](O)[C@H](O)[C@@H]2O[C@H]2O[C@H](CO)[C@@H](O)[C@H](O)[C@H]2NC(C)=O)[C@@H]1O. The first-order valence-corrected chi connectivity index (χ1v) is 16.1. The summed E-state index contributed by atoms with van der Waals surface area (Å²) < 4.78 is 39.1. The zero-order chi connectivity index (χ0) is 38.8. The van der Waals surface area contributed by atoms with Crippen molar-refractivity contribution >= 4 is 17.8 Å². The van der Waals surface area contributed by atoms with Crippen LogP contribution < -0.4 is 10.6 Å². The topological polar surface area (TPSA) is 383 Å². The van der Waals surface area contributed by atoms with E-state index in [1.165, 1.54) is 0 Å². The molecule has 4 heterocycles. The molecule has 4 aliphatic heterocycles. The second kappa shape index (κ2) is 17.9. The van der Waals surface area contributed by atoms with Crippen LogP contribution in [0.1, 0.15) is 13.8 Å². The van der Waals surface area contributed by atoms with Crippen molar-refractivity contribution in [2.24, 2.45) is 0 Å². The Labute approximate surface area is 293 Å². The van der Waals surface area contributed by atoms with Gasteiger partial charge in [0.2, 0.25) is 11.8 Å². The third kappa shape index (κ3) is 8.96. The molecule has 0 aromatic carbocycles. The summed E-state index contributed by atoms with van der Waals surface area (Å²) in [5.74, 6) is -3.30. The summed E-state index contributed by atoms with van der Waals surface area (Å²) in [6.45, 7) is -0.697. The molecule has 0 aromatic rings. The lowest BCUT2D eigenvalue weighted by Crippen LogP contribution is -2.70. The summed E-state index contributed by atoms with van der Waals surface area (Å²) >= 11 is 0. The smallest absolute Gasteiger partial charge is 0.335 e. The molecular formula is C28H46N2O22. The van der Waals surface area contributed by atoms with Crippen molar-refractivity contribution in [2.75, 3.05) is 19.8 Å². The van der Waals surface area contributed by atoms with Crippen LogP contribution in [0.25, 0.3) is 0 Å². The Bertz CT molecular complexity index is 1220. The quantitative estimate of drug-likeness (QED) is 0.0877. The van der Waals surface area contributed by atoms with Crippen molar-refractivity contribution in [3.8, 4) is 0 Å². The van der Waals surface area contributed by atoms with Gasteiger partial charge in [0.05, 0.1) is 19.8 Å². The molecule has 0 spiro atoms. The fourth-order valence-electron chi connectivity index (χ4n) is 6.30. The number of carbonyl (C=O) groups excluding carboxylic acids is 2. The van der Waals surface area contributed by atoms with Gasteiger partial charge in [-0.05, 0) is 0 Å². The number of aliphatic hydroxyl groups excluding tert-OH is 11. The summed E-state index contributed by atoms with van der Waals surface area (Å²) in [6.07, 6.45) is -34.0. The maximum absolute atomic E-state index is 12.2. The molecule has 0 saturated carbocycles. The lowest BCUT2D eigenvalue weighted by molar-refractivity contribution is -0.382. The molecule has 52 heavy (non-hydrogen) atoms. The molecular weight excluding hydrogens is 716 g/mol. The summed E-state index contributed by atoms with van der Waals surface area (Å²) in [5, 5.41) is 129. The Balaban J connectivity index is 1.64. The van der Waals surface area contributed by atoms with Crippen LogP contribution in [0.15, 0.2) is 0 Å². The predicted molar refractivity (Wildman–Crippen MR) is 158 cm³/mol. The van der Waals surface area contributed by atoms with E-state index in [1.54, 1.807) is 0 Å². The number of carboxylic acid groups (broad SMARTS) is 1. The monoisotopic (exact) mass is 762 g/mol. The predicted octanol–water partition coefficient (Wildman–Crippen LogP) is -9.37. The summed E-state index contributed by atoms with van der Waals surface area (Å²) in [6, 6.07) is -3.28. The molecule has 0 radical (unpaired) electrons. The van der Waals surface area contributed by atoms with E-state index in [4.69, 9.17) is 33.2 Å². The highest BCUT2D eigenvalue weighted by molar-refractivity contribution is 5.74. The van der Waals surface area contributed by atoms with Gasteiger partial charge in [0.15, 0.2) is 31.3 Å². The molecule has 0 aliphatic carbocycles. The van der Waals surface area contributed by atoms with Crippen LogP contribution in [0, 0.1) is 0 Å². The Morgan fingerprint density at radius 3 is 1.44 bits per heavy atom. The van der Waals surface area contributed by atoms with Crippen molar-refractivity contribution < 1.29 is 109 Å². The molecule has 4 fully saturated rings. The van der Waals surface area contributed by atoms with Gasteiger partial charge in [-0.2, -0.15) is 0 Å². The van der Waals surface area contributed by atoms with Gasteiger partial charge in [0.25, 0.3) is 0 Å². The highest BCUT2D eigenvalue weighted by atomic mass is 16.8. The Morgan fingerprint density at radius 2 is 0.942 bits per heavy atom. The molecule has 0 aromatic heterocycles. The van der Waals surface area contributed by atoms with Crippen molar-refractivity contribution in [1.29, 1.82) is 0 Å². The maximum Gasteiger partial charge on any atom is 0.335 e. The van der Waals surface area contributed by atoms with E-state index in [1.807, 2.05) is 0 Å². The van der Waals surface area contributed by atoms with Gasteiger partial charge >= 0.3 is 5.97 Å². The van der Waals surface area contributed by atoms with E-state index in [2.05, 4.69) is 10.6 Å². The molecule has 4 rings (SSSR count). The number of rotatable bonds is 12. The van der Waals surface area contributed by atoms with Crippen LogP contribution in [0.5, 0.6) is 0 Å². The second-order valence-electron chi connectivity index (χ2n) is 12.7. The molecule has 24 heteroatoms. The first-order valence-electron chi connectivity index (χ1n) is 16.1. The minimum Gasteiger partial charge on any atom is -0.479 e. The number of amides is 2. The lowest BCUT2D eigenvalue weighted by atomic mass is 9.94. The average molecular weight is 763 g/mol. The van der Waals surface area contributed by atoms with Gasteiger partial charge in [-0.3, -0.25) is 9.59 Å². The number of aliphatic carboxylic acids is 1.